The molecule has 0 atom stereocenters. The third-order valence-electron chi connectivity index (χ3n) is 4.17. The molecule has 3 rings (SSSR count). The van der Waals surface area contributed by atoms with Gasteiger partial charge in [0.25, 0.3) is 10.0 Å². The molecule has 9 heteroatoms. The topological polar surface area (TPSA) is 88.2 Å². The molecular weight excluding hydrogens is 413 g/mol. The Morgan fingerprint density at radius 3 is 2.59 bits per heavy atom. The summed E-state index contributed by atoms with van der Waals surface area (Å²) in [5, 5.41) is 4.78. The van der Waals surface area contributed by atoms with Crippen LogP contribution in [0.2, 0.25) is 0 Å². The van der Waals surface area contributed by atoms with Crippen LogP contribution in [0.4, 0.5) is 15.2 Å². The van der Waals surface area contributed by atoms with E-state index in [1.54, 1.807) is 5.38 Å². The van der Waals surface area contributed by atoms with Gasteiger partial charge < -0.3 is 5.32 Å². The van der Waals surface area contributed by atoms with Crippen molar-refractivity contribution in [2.75, 3.05) is 10.0 Å². The number of benzene rings is 2. The van der Waals surface area contributed by atoms with Crippen molar-refractivity contribution in [2.24, 2.45) is 0 Å². The average Bonchev–Trinajstić information content (AvgIpc) is 3.10. The standard InChI is InChI=1S/C20H20FN3O3S2/c1-13-3-4-14(2)18(11-13)23-19(25)10-7-16-12-28-20(22-16)24-29(26,27)17-8-5-15(21)6-9-17/h3-6,8-9,11-12H,7,10H2,1-2H3,(H,22,24)(H,23,25). The van der Waals surface area contributed by atoms with Gasteiger partial charge in [-0.1, -0.05) is 12.1 Å². The number of sulfonamides is 1. The molecule has 152 valence electrons. The number of hydrogen-bond donors (Lipinski definition) is 2. The summed E-state index contributed by atoms with van der Waals surface area (Å²) in [6, 6.07) is 10.4. The lowest BCUT2D eigenvalue weighted by atomic mass is 10.1. The van der Waals surface area contributed by atoms with E-state index in [2.05, 4.69) is 15.0 Å². The normalized spacial score (nSPS) is 11.3. The predicted molar refractivity (Wildman–Crippen MR) is 112 cm³/mol. The molecule has 0 bridgehead atoms. The quantitative estimate of drug-likeness (QED) is 0.582. The van der Waals surface area contributed by atoms with Crippen molar-refractivity contribution in [1.29, 1.82) is 0 Å². The van der Waals surface area contributed by atoms with Gasteiger partial charge in [-0.2, -0.15) is 0 Å². The van der Waals surface area contributed by atoms with Crippen LogP contribution in [0, 0.1) is 19.7 Å². The van der Waals surface area contributed by atoms with E-state index in [1.807, 2.05) is 32.0 Å². The third-order valence-corrected chi connectivity index (χ3v) is 6.46. The molecule has 1 amide bonds. The Labute approximate surface area is 172 Å². The summed E-state index contributed by atoms with van der Waals surface area (Å²) < 4.78 is 40.0. The van der Waals surface area contributed by atoms with Crippen LogP contribution in [0.1, 0.15) is 23.2 Å². The fraction of sp³-hybridized carbons (Fsp3) is 0.200. The van der Waals surface area contributed by atoms with Crippen molar-refractivity contribution in [2.45, 2.75) is 31.6 Å². The maximum Gasteiger partial charge on any atom is 0.263 e. The Bertz CT molecular complexity index is 1130. The zero-order valence-corrected chi connectivity index (χ0v) is 17.5. The smallest absolute Gasteiger partial charge is 0.263 e. The minimum atomic E-state index is -3.85. The molecule has 0 radical (unpaired) electrons. The zero-order valence-electron chi connectivity index (χ0n) is 15.9. The molecular formula is C20H20FN3O3S2. The van der Waals surface area contributed by atoms with Crippen LogP contribution in [0.3, 0.4) is 0 Å². The van der Waals surface area contributed by atoms with Gasteiger partial charge in [-0.05, 0) is 61.7 Å². The molecule has 0 aliphatic carbocycles. The van der Waals surface area contributed by atoms with Crippen molar-refractivity contribution < 1.29 is 17.6 Å². The molecule has 1 heterocycles. The van der Waals surface area contributed by atoms with E-state index in [-0.39, 0.29) is 22.4 Å². The SMILES string of the molecule is Cc1ccc(C)c(NC(=O)CCc2csc(NS(=O)(=O)c3ccc(F)cc3)n2)c1. The number of nitrogens with one attached hydrogen (secondary N) is 2. The van der Waals surface area contributed by atoms with Gasteiger partial charge >= 0.3 is 0 Å². The van der Waals surface area contributed by atoms with Crippen LogP contribution >= 0.6 is 11.3 Å². The van der Waals surface area contributed by atoms with Crippen LogP contribution in [0.25, 0.3) is 0 Å². The van der Waals surface area contributed by atoms with Gasteiger partial charge in [0.1, 0.15) is 5.82 Å². The molecule has 3 aromatic rings. The molecule has 29 heavy (non-hydrogen) atoms. The summed E-state index contributed by atoms with van der Waals surface area (Å²) >= 11 is 1.13. The van der Waals surface area contributed by atoms with E-state index in [0.29, 0.717) is 12.1 Å². The van der Waals surface area contributed by atoms with Gasteiger partial charge in [0.05, 0.1) is 10.6 Å². The summed E-state index contributed by atoms with van der Waals surface area (Å²) in [4.78, 5) is 16.4. The maximum atomic E-state index is 13.0. The lowest BCUT2D eigenvalue weighted by Crippen LogP contribution is -2.14. The molecule has 1 aromatic heterocycles. The van der Waals surface area contributed by atoms with E-state index < -0.39 is 15.8 Å². The number of aromatic nitrogens is 1. The lowest BCUT2D eigenvalue weighted by molar-refractivity contribution is -0.116. The average molecular weight is 434 g/mol. The largest absolute Gasteiger partial charge is 0.326 e. The number of rotatable bonds is 7. The molecule has 0 unspecified atom stereocenters. The zero-order chi connectivity index (χ0) is 21.0. The van der Waals surface area contributed by atoms with Crippen LogP contribution in [0.5, 0.6) is 0 Å². The number of carbonyl (C=O) groups excluding carboxylic acids is 1. The highest BCUT2D eigenvalue weighted by Crippen LogP contribution is 2.22. The second-order valence-corrected chi connectivity index (χ2v) is 9.11. The molecule has 2 aromatic carbocycles. The van der Waals surface area contributed by atoms with Crippen molar-refractivity contribution in [3.8, 4) is 0 Å². The monoisotopic (exact) mass is 433 g/mol. The van der Waals surface area contributed by atoms with E-state index in [0.717, 1.165) is 40.3 Å². The number of amides is 1. The third kappa shape index (κ3) is 5.61. The van der Waals surface area contributed by atoms with Crippen molar-refractivity contribution in [3.05, 3.63) is 70.5 Å². The molecule has 0 saturated carbocycles. The van der Waals surface area contributed by atoms with Crippen LogP contribution in [0.15, 0.2) is 52.7 Å². The van der Waals surface area contributed by atoms with Crippen molar-refractivity contribution in [1.82, 2.24) is 4.98 Å². The first-order chi connectivity index (χ1) is 13.7. The fourth-order valence-electron chi connectivity index (χ4n) is 2.58. The Morgan fingerprint density at radius 2 is 1.86 bits per heavy atom. The maximum absolute atomic E-state index is 13.0. The van der Waals surface area contributed by atoms with E-state index in [4.69, 9.17) is 0 Å². The molecule has 0 saturated heterocycles. The fourth-order valence-corrected chi connectivity index (χ4v) is 4.58. The minimum absolute atomic E-state index is 0.0523. The van der Waals surface area contributed by atoms with Gasteiger partial charge in [0.15, 0.2) is 5.13 Å². The lowest BCUT2D eigenvalue weighted by Gasteiger charge is -2.09. The number of aryl methyl sites for hydroxylation is 3. The molecule has 0 aliphatic rings. The summed E-state index contributed by atoms with van der Waals surface area (Å²) in [5.74, 6) is -0.653. The molecule has 0 aliphatic heterocycles. The first kappa shape index (κ1) is 20.9. The number of anilines is 2. The summed E-state index contributed by atoms with van der Waals surface area (Å²) in [6.45, 7) is 3.88. The van der Waals surface area contributed by atoms with Crippen LogP contribution < -0.4 is 10.0 Å². The predicted octanol–water partition coefficient (Wildman–Crippen LogP) is 4.27. The van der Waals surface area contributed by atoms with E-state index in [1.165, 1.54) is 12.1 Å². The number of carbonyl (C=O) groups is 1. The highest BCUT2D eigenvalue weighted by molar-refractivity contribution is 7.93. The summed E-state index contributed by atoms with van der Waals surface area (Å²) in [6.07, 6.45) is 0.604. The van der Waals surface area contributed by atoms with E-state index in [9.17, 15) is 17.6 Å². The van der Waals surface area contributed by atoms with Crippen molar-refractivity contribution >= 4 is 38.1 Å². The highest BCUT2D eigenvalue weighted by atomic mass is 32.2. The molecule has 6 nitrogen and oxygen atoms in total. The van der Waals surface area contributed by atoms with Gasteiger partial charge in [0.2, 0.25) is 5.91 Å². The van der Waals surface area contributed by atoms with Gasteiger partial charge in [0, 0.05) is 17.5 Å². The summed E-state index contributed by atoms with van der Waals surface area (Å²) in [5.41, 5.74) is 3.43. The molecule has 2 N–H and O–H groups in total. The van der Waals surface area contributed by atoms with Gasteiger partial charge in [-0.25, -0.2) is 17.8 Å². The second kappa shape index (κ2) is 8.71. The Morgan fingerprint density at radius 1 is 1.14 bits per heavy atom. The minimum Gasteiger partial charge on any atom is -0.326 e. The van der Waals surface area contributed by atoms with Crippen LogP contribution in [-0.2, 0) is 21.2 Å². The Balaban J connectivity index is 1.58. The number of thiazole rings is 1. The number of nitrogens with zero attached hydrogens (tertiary/aromatic N) is 1. The van der Waals surface area contributed by atoms with Crippen LogP contribution in [-0.4, -0.2) is 19.3 Å². The van der Waals surface area contributed by atoms with Gasteiger partial charge in [-0.3, -0.25) is 9.52 Å². The Kier molecular flexibility index (Phi) is 6.29. The number of halogens is 1. The van der Waals surface area contributed by atoms with Gasteiger partial charge in [-0.15, -0.1) is 11.3 Å². The molecule has 0 fully saturated rings. The Hall–Kier alpha value is -2.78. The van der Waals surface area contributed by atoms with E-state index >= 15 is 0 Å². The highest BCUT2D eigenvalue weighted by Gasteiger charge is 2.16. The number of hydrogen-bond acceptors (Lipinski definition) is 5. The molecule has 0 spiro atoms. The second-order valence-electron chi connectivity index (χ2n) is 6.57. The van der Waals surface area contributed by atoms with Crippen molar-refractivity contribution in [3.63, 3.8) is 0 Å². The summed E-state index contributed by atoms with van der Waals surface area (Å²) in [7, 11) is -3.85. The first-order valence-electron chi connectivity index (χ1n) is 8.83. The first-order valence-corrected chi connectivity index (χ1v) is 11.2.